The topological polar surface area (TPSA) is 203 Å². The van der Waals surface area contributed by atoms with E-state index in [-0.39, 0.29) is 33.3 Å². The molecular weight excluding hydrogens is 845 g/mol. The Labute approximate surface area is 367 Å². The molecule has 1 fully saturated rings. The van der Waals surface area contributed by atoms with Crippen LogP contribution < -0.4 is 33.2 Å². The molecule has 6 aromatic rings. The van der Waals surface area contributed by atoms with Crippen LogP contribution in [0.5, 0.6) is 0 Å². The molecule has 0 unspecified atom stereocenters. The fourth-order valence-corrected chi connectivity index (χ4v) is 5.83. The monoisotopic (exact) mass is 891 g/mol. The standard InChI is InChI=1S/C17H11BF3NO5.C10H9NO2.C7H4BClO2.C6H15N.C4H8O/c19-17(20,21)13-8-15(23)27-14-7-11(5-6-12(13)14)22-16(24)9-1-3-10(4-2-9)18(25)26;1-6-4-10(12)13-9-5-7(11)2-3-8(6)9;9-7(10)5-1-3-6(8-11)4-2-5;1-4-7(5-2)6-3;1-2-4-5-3-1/h1-8,25-26H,(H,22,24);2-5H,11H2,1H3;1-4H;4-6H2,1-3H3;1-4H2. The number of fused-ring (bicyclic) bond motifs is 2. The molecule has 0 saturated carbocycles. The number of aryl methyl sites for hydroxylation is 1. The Bertz CT molecular complexity index is 2530. The van der Waals surface area contributed by atoms with Gasteiger partial charge in [-0.05, 0) is 86.8 Å². The van der Waals surface area contributed by atoms with E-state index >= 15 is 0 Å². The summed E-state index contributed by atoms with van der Waals surface area (Å²) in [5, 5.41) is 20.6. The van der Waals surface area contributed by atoms with Crippen molar-refractivity contribution in [1.82, 2.24) is 4.90 Å². The third kappa shape index (κ3) is 16.7. The maximum atomic E-state index is 13.0. The summed E-state index contributed by atoms with van der Waals surface area (Å²) in [5.74, 6) is -0.581. The van der Waals surface area contributed by atoms with Gasteiger partial charge in [-0.1, -0.05) is 32.9 Å². The van der Waals surface area contributed by atoms with Crippen molar-refractivity contribution in [2.24, 2.45) is 0 Å². The van der Waals surface area contributed by atoms with Gasteiger partial charge in [-0.3, -0.25) is 4.79 Å². The molecule has 2 aromatic heterocycles. The average molecular weight is 892 g/mol. The van der Waals surface area contributed by atoms with Gasteiger partial charge in [0.25, 0.3) is 5.91 Å². The summed E-state index contributed by atoms with van der Waals surface area (Å²) in [7, 11) is -0.962. The number of amides is 1. The van der Waals surface area contributed by atoms with Crippen molar-refractivity contribution < 1.29 is 51.1 Å². The van der Waals surface area contributed by atoms with Gasteiger partial charge in [0.2, 0.25) is 0 Å². The molecule has 0 atom stereocenters. The van der Waals surface area contributed by atoms with Crippen molar-refractivity contribution in [2.75, 3.05) is 43.9 Å². The zero-order valence-corrected chi connectivity index (χ0v) is 35.8. The van der Waals surface area contributed by atoms with Crippen molar-refractivity contribution in [3.8, 4) is 0 Å². The SMILES string of the molecule is C1CCOC1.CCN(CC)CC.Cc1cc(=O)oc2cc(N)ccc12.O=Bc1ccc(C(=O)Cl)cc1.O=C(Nc1ccc2c(C(F)(F)F)cc(=O)oc2c1)c1ccc(B(O)O)cc1. The first kappa shape index (κ1) is 51.4. The van der Waals surface area contributed by atoms with Gasteiger partial charge in [-0.15, -0.1) is 0 Å². The molecule has 1 aliphatic heterocycles. The number of nitrogens with two attached hydrogens (primary N) is 1. The molecule has 332 valence electrons. The Hall–Kier alpha value is -5.91. The number of anilines is 2. The van der Waals surface area contributed by atoms with Gasteiger partial charge in [0.15, 0.2) is 0 Å². The van der Waals surface area contributed by atoms with Gasteiger partial charge >= 0.3 is 93.3 Å². The molecule has 7 rings (SSSR count). The molecule has 4 aromatic carbocycles. The summed E-state index contributed by atoms with van der Waals surface area (Å²) >= 11 is 5.17. The predicted octanol–water partition coefficient (Wildman–Crippen LogP) is 6.31. The van der Waals surface area contributed by atoms with Crippen LogP contribution in [0.25, 0.3) is 21.9 Å². The molecule has 13 nitrogen and oxygen atoms in total. The minimum absolute atomic E-state index is 0.126. The second-order valence-electron chi connectivity index (χ2n) is 13.6. The Balaban J connectivity index is 0.000000242. The molecule has 19 heteroatoms. The zero-order chi connectivity index (χ0) is 46.7. The van der Waals surface area contributed by atoms with Gasteiger partial charge in [0.1, 0.15) is 11.2 Å². The van der Waals surface area contributed by atoms with Gasteiger partial charge in [0.05, 0.1) is 5.56 Å². The van der Waals surface area contributed by atoms with E-state index in [4.69, 9.17) is 41.0 Å². The third-order valence-corrected chi connectivity index (χ3v) is 9.42. The first-order valence-electron chi connectivity index (χ1n) is 19.7. The molecule has 1 saturated heterocycles. The summed E-state index contributed by atoms with van der Waals surface area (Å²) in [5.41, 5.74) is 6.13. The fraction of sp³-hybridized carbons (Fsp3) is 0.273. The van der Waals surface area contributed by atoms with E-state index in [1.165, 1.54) is 81.0 Å². The number of carbonyl (C=O) groups excluding carboxylic acids is 2. The number of benzene rings is 4. The van der Waals surface area contributed by atoms with Crippen LogP contribution >= 0.6 is 11.6 Å². The number of alkyl halides is 3. The van der Waals surface area contributed by atoms with E-state index in [2.05, 4.69) is 31.0 Å². The number of carbonyl (C=O) groups is 2. The molecule has 0 aliphatic carbocycles. The largest absolute Gasteiger partial charge is 0.488 e. The number of ether oxygens (including phenoxy) is 1. The molecule has 1 aliphatic rings. The average Bonchev–Trinajstić information content (AvgIpc) is 3.85. The summed E-state index contributed by atoms with van der Waals surface area (Å²) in [6.45, 7) is 14.0. The minimum atomic E-state index is -4.72. The van der Waals surface area contributed by atoms with Crippen LogP contribution in [-0.4, -0.2) is 73.2 Å². The number of nitrogen functional groups attached to an aromatic ring is 1. The van der Waals surface area contributed by atoms with Gasteiger partial charge in [0, 0.05) is 65.2 Å². The minimum Gasteiger partial charge on any atom is -0.423 e. The summed E-state index contributed by atoms with van der Waals surface area (Å²) in [6, 6.07) is 22.1. The van der Waals surface area contributed by atoms with Crippen molar-refractivity contribution in [3.05, 3.63) is 140 Å². The smallest absolute Gasteiger partial charge is 0.423 e. The maximum Gasteiger partial charge on any atom is 0.488 e. The van der Waals surface area contributed by atoms with E-state index < -0.39 is 35.6 Å². The van der Waals surface area contributed by atoms with Gasteiger partial charge in [-0.2, -0.15) is 13.2 Å². The number of nitrogens with zero attached hydrogens (tertiary/aromatic N) is 1. The van der Waals surface area contributed by atoms with E-state index in [0.717, 1.165) is 36.3 Å². The molecular formula is C44H47B2ClF3N3O10. The van der Waals surface area contributed by atoms with Crippen LogP contribution in [0.2, 0.25) is 0 Å². The zero-order valence-electron chi connectivity index (χ0n) is 35.0. The van der Waals surface area contributed by atoms with Gasteiger partial charge in [-0.25, -0.2) is 9.59 Å². The van der Waals surface area contributed by atoms with Crippen molar-refractivity contribution in [2.45, 2.75) is 46.7 Å². The number of rotatable bonds is 8. The molecule has 0 bridgehead atoms. The number of hydrogen-bond donors (Lipinski definition) is 4. The molecule has 0 spiro atoms. The normalized spacial score (nSPS) is 11.7. The van der Waals surface area contributed by atoms with Crippen LogP contribution in [0.4, 0.5) is 24.5 Å². The van der Waals surface area contributed by atoms with Crippen LogP contribution in [-0.2, 0) is 15.6 Å². The van der Waals surface area contributed by atoms with Crippen molar-refractivity contribution in [1.29, 1.82) is 0 Å². The predicted molar refractivity (Wildman–Crippen MR) is 240 cm³/mol. The molecule has 0 radical (unpaired) electrons. The maximum absolute atomic E-state index is 13.0. The van der Waals surface area contributed by atoms with E-state index in [1.54, 1.807) is 24.3 Å². The summed E-state index contributed by atoms with van der Waals surface area (Å²) in [4.78, 5) is 47.5. The van der Waals surface area contributed by atoms with E-state index in [9.17, 15) is 37.1 Å². The Morgan fingerprint density at radius 1 is 0.794 bits per heavy atom. The van der Waals surface area contributed by atoms with Crippen LogP contribution in [0.15, 0.2) is 115 Å². The van der Waals surface area contributed by atoms with Crippen molar-refractivity contribution >= 4 is 81.3 Å². The first-order valence-corrected chi connectivity index (χ1v) is 20.1. The summed E-state index contributed by atoms with van der Waals surface area (Å²) < 4.78 is 64.0. The second-order valence-corrected chi connectivity index (χ2v) is 13.9. The van der Waals surface area contributed by atoms with E-state index in [1.807, 2.05) is 13.0 Å². The Kier molecular flexibility index (Phi) is 20.6. The first-order chi connectivity index (χ1) is 29.9. The quantitative estimate of drug-likeness (QED) is 0.0575. The molecule has 63 heavy (non-hydrogen) atoms. The molecule has 5 N–H and O–H groups in total. The van der Waals surface area contributed by atoms with Crippen molar-refractivity contribution in [3.63, 3.8) is 0 Å². The van der Waals surface area contributed by atoms with E-state index in [0.29, 0.717) is 35.5 Å². The third-order valence-electron chi connectivity index (χ3n) is 9.20. The Morgan fingerprint density at radius 3 is 1.81 bits per heavy atom. The molecule has 1 amide bonds. The fourth-order valence-electron chi connectivity index (χ4n) is 5.70. The van der Waals surface area contributed by atoms with Crippen LogP contribution in [0.1, 0.15) is 65.5 Å². The second kappa shape index (κ2) is 25.3. The number of halogens is 4. The summed E-state index contributed by atoms with van der Waals surface area (Å²) in [6.07, 6.45) is -2.17. The van der Waals surface area contributed by atoms with Crippen LogP contribution in [0.3, 0.4) is 0 Å². The molecule has 3 heterocycles. The number of hydrogen-bond acceptors (Lipinski definition) is 12. The number of nitrogens with one attached hydrogen (secondary N) is 1. The Morgan fingerprint density at radius 2 is 1.33 bits per heavy atom. The van der Waals surface area contributed by atoms with Crippen LogP contribution in [0, 0.1) is 6.92 Å². The van der Waals surface area contributed by atoms with Gasteiger partial charge < -0.3 is 39.6 Å².